The highest BCUT2D eigenvalue weighted by molar-refractivity contribution is 7.89. The number of carbonyl (C=O) groups is 2. The zero-order valence-corrected chi connectivity index (χ0v) is 19.9. The molecule has 1 saturated heterocycles. The lowest BCUT2D eigenvalue weighted by molar-refractivity contribution is -0.123. The van der Waals surface area contributed by atoms with E-state index in [1.807, 2.05) is 11.8 Å². The lowest BCUT2D eigenvalue weighted by atomic mass is 9.96. The van der Waals surface area contributed by atoms with Gasteiger partial charge in [-0.05, 0) is 43.9 Å². The molecule has 0 bridgehead atoms. The molecular formula is C20H26N6O4S2. The number of aryl methyl sites for hydroxylation is 1. The van der Waals surface area contributed by atoms with Crippen LogP contribution in [0.4, 0.5) is 16.5 Å². The number of nitrogens with zero attached hydrogens (tertiary/aromatic N) is 5. The smallest absolute Gasteiger partial charge is 0.250 e. The lowest BCUT2D eigenvalue weighted by Gasteiger charge is -2.45. The van der Waals surface area contributed by atoms with Crippen molar-refractivity contribution in [2.24, 2.45) is 0 Å². The largest absolute Gasteiger partial charge is 0.358 e. The average molecular weight is 479 g/mol. The lowest BCUT2D eigenvalue weighted by Crippen LogP contribution is -2.56. The minimum absolute atomic E-state index is 0.0756. The van der Waals surface area contributed by atoms with Gasteiger partial charge in [0.05, 0.1) is 16.3 Å². The molecule has 1 fully saturated rings. The fraction of sp³-hybridized carbons (Fsp3) is 0.500. The molecule has 4 rings (SSSR count). The van der Waals surface area contributed by atoms with E-state index in [1.165, 1.54) is 36.4 Å². The molecule has 0 radical (unpaired) electrons. The molecule has 2 aliphatic rings. The number of sulfonamides is 1. The van der Waals surface area contributed by atoms with E-state index in [0.29, 0.717) is 30.2 Å². The number of aromatic nitrogens is 2. The number of fused-ring (bicyclic) bond motifs is 3. The van der Waals surface area contributed by atoms with Crippen LogP contribution in [0.15, 0.2) is 23.1 Å². The summed E-state index contributed by atoms with van der Waals surface area (Å²) >= 11 is 1.29. The molecule has 2 aromatic rings. The second-order valence-electron chi connectivity index (χ2n) is 7.97. The summed E-state index contributed by atoms with van der Waals surface area (Å²) in [6, 6.07) is 4.43. The molecule has 1 aromatic heterocycles. The third-order valence-electron chi connectivity index (χ3n) is 5.70. The third-order valence-corrected chi connectivity index (χ3v) is 8.49. The Morgan fingerprint density at radius 3 is 2.72 bits per heavy atom. The molecule has 0 saturated carbocycles. The maximum absolute atomic E-state index is 13.4. The van der Waals surface area contributed by atoms with E-state index in [2.05, 4.69) is 15.5 Å². The number of benzene rings is 1. The normalized spacial score (nSPS) is 18.5. The summed E-state index contributed by atoms with van der Waals surface area (Å²) in [6.07, 6.45) is 3.30. The van der Waals surface area contributed by atoms with Gasteiger partial charge in [-0.25, -0.2) is 12.7 Å². The van der Waals surface area contributed by atoms with Crippen molar-refractivity contribution in [3.63, 3.8) is 0 Å². The van der Waals surface area contributed by atoms with Crippen LogP contribution in [0, 0.1) is 0 Å². The quantitative estimate of drug-likeness (QED) is 0.672. The number of anilines is 3. The van der Waals surface area contributed by atoms with Gasteiger partial charge >= 0.3 is 0 Å². The van der Waals surface area contributed by atoms with Gasteiger partial charge in [0.25, 0.3) is 0 Å². The van der Waals surface area contributed by atoms with Gasteiger partial charge < -0.3 is 4.90 Å². The predicted octanol–water partition coefficient (Wildman–Crippen LogP) is 1.69. The summed E-state index contributed by atoms with van der Waals surface area (Å²) in [4.78, 5) is 29.7. The number of nitrogens with one attached hydrogen (secondary N) is 1. The van der Waals surface area contributed by atoms with Crippen LogP contribution in [0.2, 0.25) is 0 Å². The molecule has 0 aliphatic carbocycles. The van der Waals surface area contributed by atoms with Crippen molar-refractivity contribution in [1.82, 2.24) is 14.5 Å². The van der Waals surface area contributed by atoms with E-state index in [0.717, 1.165) is 27.8 Å². The first-order chi connectivity index (χ1) is 15.2. The molecule has 1 aromatic carbocycles. The summed E-state index contributed by atoms with van der Waals surface area (Å²) < 4.78 is 26.5. The molecular weight excluding hydrogens is 452 g/mol. The Balaban J connectivity index is 1.69. The Morgan fingerprint density at radius 1 is 1.25 bits per heavy atom. The van der Waals surface area contributed by atoms with Crippen LogP contribution in [0.25, 0.3) is 0 Å². The topological polar surface area (TPSA) is 116 Å². The van der Waals surface area contributed by atoms with Gasteiger partial charge in [0, 0.05) is 20.6 Å². The van der Waals surface area contributed by atoms with E-state index in [-0.39, 0.29) is 23.4 Å². The van der Waals surface area contributed by atoms with Gasteiger partial charge in [-0.3, -0.25) is 19.8 Å². The van der Waals surface area contributed by atoms with Crippen LogP contribution in [0.5, 0.6) is 0 Å². The van der Waals surface area contributed by atoms with Gasteiger partial charge in [0.2, 0.25) is 27.0 Å². The summed E-state index contributed by atoms with van der Waals surface area (Å²) in [6.45, 7) is 2.43. The van der Waals surface area contributed by atoms with Crippen LogP contribution < -0.4 is 15.1 Å². The van der Waals surface area contributed by atoms with E-state index in [9.17, 15) is 18.0 Å². The Bertz CT molecular complexity index is 1150. The predicted molar refractivity (Wildman–Crippen MR) is 123 cm³/mol. The highest BCUT2D eigenvalue weighted by Crippen LogP contribution is 2.40. The molecule has 1 atom stereocenters. The first-order valence-electron chi connectivity index (χ1n) is 10.5. The molecule has 32 heavy (non-hydrogen) atoms. The average Bonchev–Trinajstić information content (AvgIpc) is 3.23. The Kier molecular flexibility index (Phi) is 6.19. The number of piperidine rings is 1. The van der Waals surface area contributed by atoms with Crippen molar-refractivity contribution >= 4 is 49.7 Å². The summed E-state index contributed by atoms with van der Waals surface area (Å²) in [7, 11) is -0.785. The van der Waals surface area contributed by atoms with Crippen molar-refractivity contribution in [1.29, 1.82) is 0 Å². The Morgan fingerprint density at radius 2 is 2.03 bits per heavy atom. The molecule has 0 spiro atoms. The molecule has 1 N–H and O–H groups in total. The van der Waals surface area contributed by atoms with Crippen molar-refractivity contribution in [2.45, 2.75) is 43.5 Å². The fourth-order valence-electron chi connectivity index (χ4n) is 4.02. The van der Waals surface area contributed by atoms with Gasteiger partial charge in [0.1, 0.15) is 17.6 Å². The van der Waals surface area contributed by atoms with Crippen molar-refractivity contribution < 1.29 is 18.0 Å². The van der Waals surface area contributed by atoms with E-state index >= 15 is 0 Å². The minimum atomic E-state index is -3.70. The molecule has 1 unspecified atom stereocenters. The van der Waals surface area contributed by atoms with Gasteiger partial charge in [0.15, 0.2) is 0 Å². The van der Waals surface area contributed by atoms with Gasteiger partial charge in [-0.1, -0.05) is 18.3 Å². The van der Waals surface area contributed by atoms with Crippen LogP contribution in [0.3, 0.4) is 0 Å². The monoisotopic (exact) mass is 478 g/mol. The molecule has 12 heteroatoms. The van der Waals surface area contributed by atoms with Crippen LogP contribution in [0.1, 0.15) is 31.2 Å². The zero-order valence-electron chi connectivity index (χ0n) is 18.2. The molecule has 2 aliphatic heterocycles. The molecule has 10 nitrogen and oxygen atoms in total. The standard InChI is InChI=1S/C20H26N6O4S2/c1-4-18-22-23-20(31-18)21-17(27)12-26-16-11-13(32(29,30)24(2)3)8-9-14(16)25-10-6-5-7-15(25)19(26)28/h8-9,11,15H,4-7,10,12H2,1-3H3,(H,21,23,27). The molecule has 3 heterocycles. The third kappa shape index (κ3) is 4.09. The molecule has 172 valence electrons. The Hall–Kier alpha value is -2.57. The number of carbonyl (C=O) groups excluding carboxylic acids is 2. The van der Waals surface area contributed by atoms with Crippen molar-refractivity contribution in [3.8, 4) is 0 Å². The Labute approximate surface area is 191 Å². The second kappa shape index (κ2) is 8.75. The van der Waals surface area contributed by atoms with E-state index in [4.69, 9.17) is 0 Å². The fourth-order valence-corrected chi connectivity index (χ4v) is 5.64. The van der Waals surface area contributed by atoms with Crippen molar-refractivity contribution in [2.75, 3.05) is 42.3 Å². The van der Waals surface area contributed by atoms with Gasteiger partial charge in [-0.15, -0.1) is 10.2 Å². The number of hydrogen-bond acceptors (Lipinski definition) is 8. The zero-order chi connectivity index (χ0) is 23.0. The summed E-state index contributed by atoms with van der Waals surface area (Å²) in [5.41, 5.74) is 1.20. The van der Waals surface area contributed by atoms with Gasteiger partial charge in [-0.2, -0.15) is 0 Å². The van der Waals surface area contributed by atoms with E-state index < -0.39 is 15.9 Å². The maximum Gasteiger partial charge on any atom is 0.250 e. The summed E-state index contributed by atoms with van der Waals surface area (Å²) in [5, 5.41) is 11.8. The maximum atomic E-state index is 13.4. The number of amides is 2. The second-order valence-corrected chi connectivity index (χ2v) is 11.2. The first kappa shape index (κ1) is 22.6. The number of rotatable bonds is 6. The number of hydrogen-bond donors (Lipinski definition) is 1. The van der Waals surface area contributed by atoms with Crippen LogP contribution >= 0.6 is 11.3 Å². The highest BCUT2D eigenvalue weighted by atomic mass is 32.2. The van der Waals surface area contributed by atoms with Crippen LogP contribution in [-0.4, -0.2) is 68.0 Å². The summed E-state index contributed by atoms with van der Waals surface area (Å²) in [5.74, 6) is -0.605. The highest BCUT2D eigenvalue weighted by Gasteiger charge is 2.40. The van der Waals surface area contributed by atoms with Crippen molar-refractivity contribution in [3.05, 3.63) is 23.2 Å². The molecule has 2 amide bonds. The minimum Gasteiger partial charge on any atom is -0.358 e. The SMILES string of the molecule is CCc1nnc(NC(=O)CN2C(=O)C3CCCCN3c3ccc(S(=O)(=O)N(C)C)cc32)s1. The van der Waals surface area contributed by atoms with E-state index in [1.54, 1.807) is 12.1 Å². The first-order valence-corrected chi connectivity index (χ1v) is 12.7. The van der Waals surface area contributed by atoms with Crippen LogP contribution in [-0.2, 0) is 26.0 Å².